The summed E-state index contributed by atoms with van der Waals surface area (Å²) in [5.74, 6) is 0. The van der Waals surface area contributed by atoms with Crippen LogP contribution in [-0.4, -0.2) is 0 Å². The second-order valence-corrected chi connectivity index (χ2v) is 16.7. The summed E-state index contributed by atoms with van der Waals surface area (Å²) >= 11 is 0. The van der Waals surface area contributed by atoms with E-state index in [0.717, 1.165) is 0 Å². The fraction of sp³-hybridized carbons (Fsp3) is 0.0159. The second-order valence-electron chi connectivity index (χ2n) is 16.7. The van der Waals surface area contributed by atoms with E-state index >= 15 is 0 Å². The lowest BCUT2D eigenvalue weighted by Gasteiger charge is -2.34. The Morgan fingerprint density at radius 3 is 1.05 bits per heavy atom. The number of hydrogen-bond donors (Lipinski definition) is 0. The molecule has 11 aromatic carbocycles. The van der Waals surface area contributed by atoms with Gasteiger partial charge in [0.15, 0.2) is 0 Å². The zero-order chi connectivity index (χ0) is 41.7. The van der Waals surface area contributed by atoms with E-state index in [9.17, 15) is 0 Å². The summed E-state index contributed by atoms with van der Waals surface area (Å²) in [5, 5.41) is 4.99. The summed E-state index contributed by atoms with van der Waals surface area (Å²) in [5.41, 5.74) is 19.5. The quantitative estimate of drug-likeness (QED) is 0.141. The van der Waals surface area contributed by atoms with Crippen molar-refractivity contribution in [2.45, 2.75) is 5.41 Å². The van der Waals surface area contributed by atoms with Crippen LogP contribution in [0.1, 0.15) is 22.3 Å². The minimum Gasteiger partial charge on any atom is -0.0622 e. The molecule has 0 N–H and O–H groups in total. The third kappa shape index (κ3) is 5.98. The first kappa shape index (κ1) is 36.8. The zero-order valence-corrected chi connectivity index (χ0v) is 34.7. The average Bonchev–Trinajstić information content (AvgIpc) is 3.67. The number of hydrogen-bond acceptors (Lipinski definition) is 0. The highest BCUT2D eigenvalue weighted by Gasteiger charge is 2.46. The van der Waals surface area contributed by atoms with Crippen LogP contribution in [0.5, 0.6) is 0 Å². The van der Waals surface area contributed by atoms with Crippen LogP contribution in [0.4, 0.5) is 0 Å². The Balaban J connectivity index is 1.04. The molecule has 0 saturated carbocycles. The topological polar surface area (TPSA) is 0 Å². The molecule has 0 aliphatic heterocycles. The molecule has 63 heavy (non-hydrogen) atoms. The van der Waals surface area contributed by atoms with Crippen LogP contribution in [0.25, 0.3) is 88.3 Å². The fourth-order valence-corrected chi connectivity index (χ4v) is 10.6. The molecule has 0 heteroatoms. The summed E-state index contributed by atoms with van der Waals surface area (Å²) in [6.45, 7) is 0. The van der Waals surface area contributed by atoms with Gasteiger partial charge in [-0.05, 0) is 135 Å². The zero-order valence-electron chi connectivity index (χ0n) is 34.7. The predicted molar refractivity (Wildman–Crippen MR) is 266 cm³/mol. The van der Waals surface area contributed by atoms with Crippen LogP contribution >= 0.6 is 0 Å². The van der Waals surface area contributed by atoms with Gasteiger partial charge in [0.2, 0.25) is 0 Å². The van der Waals surface area contributed by atoms with Crippen molar-refractivity contribution >= 4 is 21.5 Å². The maximum absolute atomic E-state index is 2.51. The summed E-state index contributed by atoms with van der Waals surface area (Å²) in [7, 11) is 0. The van der Waals surface area contributed by atoms with E-state index < -0.39 is 5.41 Å². The van der Waals surface area contributed by atoms with E-state index in [1.165, 1.54) is 111 Å². The van der Waals surface area contributed by atoms with E-state index in [4.69, 9.17) is 0 Å². The molecule has 1 aliphatic rings. The van der Waals surface area contributed by atoms with Gasteiger partial charge in [-0.3, -0.25) is 0 Å². The molecule has 294 valence electrons. The Hall–Kier alpha value is -8.06. The van der Waals surface area contributed by atoms with Crippen LogP contribution in [0.3, 0.4) is 0 Å². The molecule has 0 spiro atoms. The van der Waals surface area contributed by atoms with E-state index in [-0.39, 0.29) is 0 Å². The van der Waals surface area contributed by atoms with Crippen LogP contribution in [-0.2, 0) is 5.41 Å². The van der Waals surface area contributed by atoms with Gasteiger partial charge in [0.1, 0.15) is 0 Å². The SMILES string of the molecule is c1ccc(-c2cc(-c3ccccc3)cc(-c3ccc(-c4c5ccccc5c(-c5ccc6c(c5)C(c5ccccc5)(c5ccccc5)c5ccccc5-6)c5ccccc45)cc3)c2)cc1. The van der Waals surface area contributed by atoms with Gasteiger partial charge in [-0.2, -0.15) is 0 Å². The molecule has 0 heterocycles. The van der Waals surface area contributed by atoms with Crippen LogP contribution in [0.2, 0.25) is 0 Å². The molecule has 1 aliphatic carbocycles. The van der Waals surface area contributed by atoms with Crippen LogP contribution in [0.15, 0.2) is 255 Å². The molecule has 0 atom stereocenters. The summed E-state index contributed by atoms with van der Waals surface area (Å²) in [6.07, 6.45) is 0. The average molecular weight is 799 g/mol. The number of fused-ring (bicyclic) bond motifs is 5. The molecule has 0 aromatic heterocycles. The van der Waals surface area contributed by atoms with Crippen molar-refractivity contribution < 1.29 is 0 Å². The largest absolute Gasteiger partial charge is 0.0713 e. The summed E-state index contributed by atoms with van der Waals surface area (Å²) in [4.78, 5) is 0. The molecule has 0 amide bonds. The van der Waals surface area contributed by atoms with Gasteiger partial charge in [0, 0.05) is 0 Å². The lowest BCUT2D eigenvalue weighted by molar-refractivity contribution is 0.769. The molecule has 0 bridgehead atoms. The maximum atomic E-state index is 2.51. The molecule has 0 nitrogen and oxygen atoms in total. The van der Waals surface area contributed by atoms with Crippen LogP contribution in [0, 0.1) is 0 Å². The van der Waals surface area contributed by atoms with E-state index in [1.807, 2.05) is 0 Å². The fourth-order valence-electron chi connectivity index (χ4n) is 10.6. The van der Waals surface area contributed by atoms with Gasteiger partial charge in [-0.1, -0.05) is 231 Å². The van der Waals surface area contributed by atoms with Gasteiger partial charge in [0.25, 0.3) is 0 Å². The maximum Gasteiger partial charge on any atom is 0.0713 e. The lowest BCUT2D eigenvalue weighted by Crippen LogP contribution is -2.28. The van der Waals surface area contributed by atoms with Crippen molar-refractivity contribution in [2.75, 3.05) is 0 Å². The smallest absolute Gasteiger partial charge is 0.0622 e. The molecule has 0 saturated heterocycles. The standard InChI is InChI=1S/C63H42/c1-5-19-43(20-6-1)48-39-49(44-21-7-2-8-22-44)41-50(40-48)45-33-35-46(36-34-45)61-55-28-13-15-30-57(55)62(58-31-16-14-29-56(58)61)47-37-38-54-53-27-17-18-32-59(53)63(60(54)42-47,51-23-9-3-10-24-51)52-25-11-4-12-26-52/h1-42H. The first-order valence-electron chi connectivity index (χ1n) is 21.9. The third-order valence-corrected chi connectivity index (χ3v) is 13.3. The number of rotatable bonds is 7. The van der Waals surface area contributed by atoms with E-state index in [0.29, 0.717) is 0 Å². The first-order chi connectivity index (χ1) is 31.3. The normalized spacial score (nSPS) is 12.6. The van der Waals surface area contributed by atoms with Crippen molar-refractivity contribution in [3.05, 3.63) is 277 Å². The Kier molecular flexibility index (Phi) is 8.83. The highest BCUT2D eigenvalue weighted by molar-refractivity contribution is 6.21. The Morgan fingerprint density at radius 2 is 0.556 bits per heavy atom. The summed E-state index contributed by atoms with van der Waals surface area (Å²) in [6, 6.07) is 94.1. The van der Waals surface area contributed by atoms with Crippen molar-refractivity contribution in [2.24, 2.45) is 0 Å². The van der Waals surface area contributed by atoms with Gasteiger partial charge >= 0.3 is 0 Å². The van der Waals surface area contributed by atoms with Crippen molar-refractivity contribution in [1.82, 2.24) is 0 Å². The Bertz CT molecular complexity index is 3300. The highest BCUT2D eigenvalue weighted by atomic mass is 14.5. The molecule has 0 unspecified atom stereocenters. The van der Waals surface area contributed by atoms with Gasteiger partial charge in [-0.25, -0.2) is 0 Å². The van der Waals surface area contributed by atoms with E-state index in [2.05, 4.69) is 255 Å². The molecule has 0 radical (unpaired) electrons. The second kappa shape index (κ2) is 15.1. The molecular formula is C63H42. The van der Waals surface area contributed by atoms with E-state index in [1.54, 1.807) is 0 Å². The molecule has 12 rings (SSSR count). The minimum atomic E-state index is -0.472. The van der Waals surface area contributed by atoms with Gasteiger partial charge in [0.05, 0.1) is 5.41 Å². The number of benzene rings is 11. The molecule has 11 aromatic rings. The molecule has 0 fully saturated rings. The third-order valence-electron chi connectivity index (χ3n) is 13.3. The van der Waals surface area contributed by atoms with Crippen molar-refractivity contribution in [3.63, 3.8) is 0 Å². The van der Waals surface area contributed by atoms with Crippen molar-refractivity contribution in [3.8, 4) is 66.8 Å². The van der Waals surface area contributed by atoms with Crippen LogP contribution < -0.4 is 0 Å². The lowest BCUT2D eigenvalue weighted by atomic mass is 9.67. The first-order valence-corrected chi connectivity index (χ1v) is 21.9. The van der Waals surface area contributed by atoms with Crippen molar-refractivity contribution in [1.29, 1.82) is 0 Å². The Morgan fingerprint density at radius 1 is 0.206 bits per heavy atom. The molecular weight excluding hydrogens is 757 g/mol. The van der Waals surface area contributed by atoms with Gasteiger partial charge in [-0.15, -0.1) is 0 Å². The monoisotopic (exact) mass is 798 g/mol. The highest BCUT2D eigenvalue weighted by Crippen LogP contribution is 2.57. The Labute approximate surface area is 369 Å². The van der Waals surface area contributed by atoms with Gasteiger partial charge < -0.3 is 0 Å². The summed E-state index contributed by atoms with van der Waals surface area (Å²) < 4.78 is 0. The predicted octanol–water partition coefficient (Wildman–Crippen LogP) is 16.7. The minimum absolute atomic E-state index is 0.472.